The van der Waals surface area contributed by atoms with Crippen molar-refractivity contribution in [1.29, 1.82) is 0 Å². The Morgan fingerprint density at radius 2 is 2.20 bits per heavy atom. The van der Waals surface area contributed by atoms with Crippen LogP contribution in [0.15, 0.2) is 6.20 Å². The third-order valence-corrected chi connectivity index (χ3v) is 4.22. The average molecular weight is 224 g/mol. The molecule has 0 bridgehead atoms. The van der Waals surface area contributed by atoms with Gasteiger partial charge in [0.05, 0.1) is 5.01 Å². The molecule has 1 heterocycles. The lowest BCUT2D eigenvalue weighted by molar-refractivity contribution is 0.373. The van der Waals surface area contributed by atoms with Gasteiger partial charge in [0, 0.05) is 23.7 Å². The molecule has 2 rings (SSSR count). The van der Waals surface area contributed by atoms with Crippen molar-refractivity contribution < 1.29 is 0 Å². The number of aryl methyl sites for hydroxylation is 1. The second-order valence-corrected chi connectivity index (χ2v) is 5.49. The summed E-state index contributed by atoms with van der Waals surface area (Å²) in [6.45, 7) is 3.18. The number of aromatic nitrogens is 1. The van der Waals surface area contributed by atoms with Crippen molar-refractivity contribution in [2.75, 3.05) is 0 Å². The molecule has 15 heavy (non-hydrogen) atoms. The Labute approximate surface area is 96.1 Å². The third-order valence-electron chi connectivity index (χ3n) is 3.07. The van der Waals surface area contributed by atoms with E-state index in [0.717, 1.165) is 19.0 Å². The molecule has 1 saturated carbocycles. The summed E-state index contributed by atoms with van der Waals surface area (Å²) in [5, 5.41) is 4.91. The van der Waals surface area contributed by atoms with Crippen LogP contribution in [0, 0.1) is 0 Å². The lowest BCUT2D eigenvalue weighted by Crippen LogP contribution is -2.30. The topological polar surface area (TPSA) is 24.9 Å². The normalized spacial score (nSPS) is 18.2. The van der Waals surface area contributed by atoms with Crippen molar-refractivity contribution in [3.63, 3.8) is 0 Å². The Morgan fingerprint density at radius 1 is 1.40 bits per heavy atom. The summed E-state index contributed by atoms with van der Waals surface area (Å²) >= 11 is 1.85. The lowest BCUT2D eigenvalue weighted by Gasteiger charge is -2.22. The van der Waals surface area contributed by atoms with E-state index in [9.17, 15) is 0 Å². The van der Waals surface area contributed by atoms with Gasteiger partial charge >= 0.3 is 0 Å². The van der Waals surface area contributed by atoms with Crippen LogP contribution in [0.5, 0.6) is 0 Å². The van der Waals surface area contributed by atoms with E-state index in [1.807, 2.05) is 17.5 Å². The highest BCUT2D eigenvalue weighted by Gasteiger charge is 2.12. The zero-order valence-corrected chi connectivity index (χ0v) is 10.3. The molecule has 0 aliphatic heterocycles. The Morgan fingerprint density at radius 3 is 2.87 bits per heavy atom. The molecule has 1 aromatic heterocycles. The van der Waals surface area contributed by atoms with Gasteiger partial charge in [-0.2, -0.15) is 0 Å². The number of nitrogens with one attached hydrogen (secondary N) is 1. The van der Waals surface area contributed by atoms with Crippen LogP contribution in [0.25, 0.3) is 0 Å². The van der Waals surface area contributed by atoms with Crippen molar-refractivity contribution in [3.05, 3.63) is 16.1 Å². The Balaban J connectivity index is 1.76. The van der Waals surface area contributed by atoms with Crippen molar-refractivity contribution in [2.24, 2.45) is 0 Å². The first-order valence-corrected chi connectivity index (χ1v) is 6.87. The van der Waals surface area contributed by atoms with Crippen LogP contribution in [0.4, 0.5) is 0 Å². The van der Waals surface area contributed by atoms with Crippen LogP contribution in [0.2, 0.25) is 0 Å². The van der Waals surface area contributed by atoms with Gasteiger partial charge in [-0.25, -0.2) is 4.98 Å². The maximum absolute atomic E-state index is 4.38. The quantitative estimate of drug-likeness (QED) is 0.850. The van der Waals surface area contributed by atoms with Gasteiger partial charge in [0.25, 0.3) is 0 Å². The zero-order chi connectivity index (χ0) is 10.5. The molecule has 1 N–H and O–H groups in total. The molecule has 0 radical (unpaired) electrons. The Hall–Kier alpha value is -0.410. The van der Waals surface area contributed by atoms with Crippen molar-refractivity contribution in [3.8, 4) is 0 Å². The molecule has 2 nitrogen and oxygen atoms in total. The minimum Gasteiger partial charge on any atom is -0.309 e. The van der Waals surface area contributed by atoms with E-state index in [1.165, 1.54) is 42.0 Å². The summed E-state index contributed by atoms with van der Waals surface area (Å²) in [6.07, 6.45) is 10.0. The van der Waals surface area contributed by atoms with Gasteiger partial charge in [-0.1, -0.05) is 26.2 Å². The molecule has 3 heteroatoms. The third kappa shape index (κ3) is 3.28. The van der Waals surface area contributed by atoms with Crippen LogP contribution < -0.4 is 5.32 Å². The van der Waals surface area contributed by atoms with E-state index in [-0.39, 0.29) is 0 Å². The van der Waals surface area contributed by atoms with Crippen molar-refractivity contribution in [2.45, 2.75) is 58.0 Å². The summed E-state index contributed by atoms with van der Waals surface area (Å²) in [5.41, 5.74) is 0. The molecule has 1 aliphatic rings. The fourth-order valence-corrected chi connectivity index (χ4v) is 2.96. The van der Waals surface area contributed by atoms with Crippen LogP contribution in [-0.2, 0) is 13.0 Å². The molecule has 1 fully saturated rings. The van der Waals surface area contributed by atoms with Crippen LogP contribution in [0.3, 0.4) is 0 Å². The van der Waals surface area contributed by atoms with E-state index >= 15 is 0 Å². The predicted molar refractivity (Wildman–Crippen MR) is 65.2 cm³/mol. The molecule has 0 spiro atoms. The zero-order valence-electron chi connectivity index (χ0n) is 9.46. The van der Waals surface area contributed by atoms with E-state index < -0.39 is 0 Å². The van der Waals surface area contributed by atoms with Crippen LogP contribution in [-0.4, -0.2) is 11.0 Å². The smallest absolute Gasteiger partial charge is 0.0925 e. The summed E-state index contributed by atoms with van der Waals surface area (Å²) in [5.74, 6) is 0. The summed E-state index contributed by atoms with van der Waals surface area (Å²) in [4.78, 5) is 5.76. The number of thiazole rings is 1. The van der Waals surface area contributed by atoms with Gasteiger partial charge in [-0.05, 0) is 19.3 Å². The predicted octanol–water partition coefficient (Wildman–Crippen LogP) is 3.13. The summed E-state index contributed by atoms with van der Waals surface area (Å²) in [6, 6.07) is 0.755. The SMILES string of the molecule is CCc1ncc(CNC2CCCCC2)s1. The largest absolute Gasteiger partial charge is 0.309 e. The Bertz CT molecular complexity index is 290. The highest BCUT2D eigenvalue weighted by atomic mass is 32.1. The molecule has 1 aliphatic carbocycles. The highest BCUT2D eigenvalue weighted by molar-refractivity contribution is 7.11. The maximum Gasteiger partial charge on any atom is 0.0925 e. The van der Waals surface area contributed by atoms with E-state index in [0.29, 0.717) is 0 Å². The standard InChI is InChI=1S/C12H20N2S/c1-2-12-14-9-11(15-12)8-13-10-6-4-3-5-7-10/h9-10,13H,2-8H2,1H3. The minimum absolute atomic E-state index is 0.755. The first-order valence-electron chi connectivity index (χ1n) is 6.05. The van der Waals surface area contributed by atoms with Crippen molar-refractivity contribution >= 4 is 11.3 Å². The molecule has 84 valence electrons. The fraction of sp³-hybridized carbons (Fsp3) is 0.750. The molecule has 0 amide bonds. The first kappa shape index (κ1) is 11.1. The second kappa shape index (κ2) is 5.61. The number of hydrogen-bond donors (Lipinski definition) is 1. The molecular weight excluding hydrogens is 204 g/mol. The van der Waals surface area contributed by atoms with E-state index in [2.05, 4.69) is 17.2 Å². The molecule has 0 saturated heterocycles. The van der Waals surface area contributed by atoms with Crippen LogP contribution in [0.1, 0.15) is 48.9 Å². The van der Waals surface area contributed by atoms with Gasteiger partial charge in [0.1, 0.15) is 0 Å². The van der Waals surface area contributed by atoms with Gasteiger partial charge in [0.2, 0.25) is 0 Å². The summed E-state index contributed by atoms with van der Waals surface area (Å²) in [7, 11) is 0. The Kier molecular flexibility index (Phi) is 4.15. The molecule has 1 aromatic rings. The van der Waals surface area contributed by atoms with Gasteiger partial charge in [0.15, 0.2) is 0 Å². The van der Waals surface area contributed by atoms with Gasteiger partial charge < -0.3 is 5.32 Å². The lowest BCUT2D eigenvalue weighted by atomic mass is 9.95. The average Bonchev–Trinajstić information content (AvgIpc) is 2.76. The number of nitrogens with zero attached hydrogens (tertiary/aromatic N) is 1. The van der Waals surface area contributed by atoms with Crippen LogP contribution >= 0.6 is 11.3 Å². The van der Waals surface area contributed by atoms with Gasteiger partial charge in [-0.15, -0.1) is 11.3 Å². The molecule has 0 unspecified atom stereocenters. The summed E-state index contributed by atoms with van der Waals surface area (Å²) < 4.78 is 0. The molecule has 0 atom stereocenters. The molecule has 0 aromatic carbocycles. The second-order valence-electron chi connectivity index (χ2n) is 4.29. The van der Waals surface area contributed by atoms with E-state index in [4.69, 9.17) is 0 Å². The van der Waals surface area contributed by atoms with E-state index in [1.54, 1.807) is 0 Å². The van der Waals surface area contributed by atoms with Gasteiger partial charge in [-0.3, -0.25) is 0 Å². The first-order chi connectivity index (χ1) is 7.38. The highest BCUT2D eigenvalue weighted by Crippen LogP contribution is 2.19. The number of rotatable bonds is 4. The number of hydrogen-bond acceptors (Lipinski definition) is 3. The minimum atomic E-state index is 0.755. The molecular formula is C12H20N2S. The fourth-order valence-electron chi connectivity index (χ4n) is 2.14. The van der Waals surface area contributed by atoms with Crippen molar-refractivity contribution in [1.82, 2.24) is 10.3 Å². The monoisotopic (exact) mass is 224 g/mol. The maximum atomic E-state index is 4.38.